The molecule has 2 rings (SSSR count). The molecule has 2 heterocycles. The number of rotatable bonds is 5. The van der Waals surface area contributed by atoms with Crippen molar-refractivity contribution in [1.82, 2.24) is 19.9 Å². The van der Waals surface area contributed by atoms with Gasteiger partial charge in [0, 0.05) is 32.3 Å². The van der Waals surface area contributed by atoms with Crippen molar-refractivity contribution in [3.8, 4) is 0 Å². The first-order valence-electron chi connectivity index (χ1n) is 6.46. The molecule has 100 valence electrons. The number of carbonyl (C=O) groups is 1. The topological polar surface area (TPSA) is 71.2 Å². The molecule has 1 aliphatic heterocycles. The molecule has 1 saturated heterocycles. The van der Waals surface area contributed by atoms with Gasteiger partial charge in [-0.05, 0) is 25.8 Å². The lowest BCUT2D eigenvalue weighted by Gasteiger charge is -2.34. The van der Waals surface area contributed by atoms with Gasteiger partial charge in [0.05, 0.1) is 5.69 Å². The maximum atomic E-state index is 10.7. The van der Waals surface area contributed by atoms with Crippen molar-refractivity contribution in [2.75, 3.05) is 6.54 Å². The van der Waals surface area contributed by atoms with Gasteiger partial charge in [-0.3, -0.25) is 14.4 Å². The minimum absolute atomic E-state index is 0.252. The SMILES string of the molecule is Cn1cc(CN2CCCCC2CCC(=O)O)nn1. The molecule has 0 amide bonds. The number of hydrogen-bond acceptors (Lipinski definition) is 4. The molecule has 1 aromatic rings. The van der Waals surface area contributed by atoms with Gasteiger partial charge in [-0.25, -0.2) is 0 Å². The molecule has 0 aliphatic carbocycles. The number of aryl methyl sites for hydroxylation is 1. The van der Waals surface area contributed by atoms with Gasteiger partial charge in [0.2, 0.25) is 0 Å². The van der Waals surface area contributed by atoms with E-state index in [-0.39, 0.29) is 6.42 Å². The third-order valence-corrected chi connectivity index (χ3v) is 3.46. The Labute approximate surface area is 107 Å². The first-order valence-corrected chi connectivity index (χ1v) is 6.46. The van der Waals surface area contributed by atoms with Crippen LogP contribution in [0, 0.1) is 0 Å². The van der Waals surface area contributed by atoms with Gasteiger partial charge < -0.3 is 5.11 Å². The molecule has 18 heavy (non-hydrogen) atoms. The molecule has 0 aromatic carbocycles. The normalized spacial score (nSPS) is 21.1. The fraction of sp³-hybridized carbons (Fsp3) is 0.750. The van der Waals surface area contributed by atoms with E-state index in [1.165, 1.54) is 12.8 Å². The summed E-state index contributed by atoms with van der Waals surface area (Å²) in [6.07, 6.45) is 6.37. The number of piperidine rings is 1. The highest BCUT2D eigenvalue weighted by Crippen LogP contribution is 2.22. The fourth-order valence-electron chi connectivity index (χ4n) is 2.56. The summed E-state index contributed by atoms with van der Waals surface area (Å²) in [6, 6.07) is 0.372. The number of hydrogen-bond donors (Lipinski definition) is 1. The van der Waals surface area contributed by atoms with Gasteiger partial charge >= 0.3 is 5.97 Å². The summed E-state index contributed by atoms with van der Waals surface area (Å²) in [5, 5.41) is 16.8. The van der Waals surface area contributed by atoms with Crippen LogP contribution in [-0.4, -0.2) is 43.6 Å². The number of nitrogens with zero attached hydrogens (tertiary/aromatic N) is 4. The van der Waals surface area contributed by atoms with Crippen LogP contribution in [0.15, 0.2) is 6.20 Å². The van der Waals surface area contributed by atoms with Crippen LogP contribution in [0.2, 0.25) is 0 Å². The summed E-state index contributed by atoms with van der Waals surface area (Å²) in [7, 11) is 1.86. The van der Waals surface area contributed by atoms with Crippen LogP contribution in [0.3, 0.4) is 0 Å². The van der Waals surface area contributed by atoms with E-state index in [0.29, 0.717) is 6.04 Å². The minimum atomic E-state index is -0.708. The summed E-state index contributed by atoms with van der Waals surface area (Å²) in [6.45, 7) is 1.80. The lowest BCUT2D eigenvalue weighted by atomic mass is 9.98. The van der Waals surface area contributed by atoms with Crippen molar-refractivity contribution in [2.45, 2.75) is 44.7 Å². The monoisotopic (exact) mass is 252 g/mol. The highest BCUT2D eigenvalue weighted by molar-refractivity contribution is 5.66. The molecular weight excluding hydrogens is 232 g/mol. The van der Waals surface area contributed by atoms with Gasteiger partial charge in [0.15, 0.2) is 0 Å². The van der Waals surface area contributed by atoms with Crippen LogP contribution >= 0.6 is 0 Å². The molecule has 6 heteroatoms. The Kier molecular flexibility index (Phi) is 4.30. The van der Waals surface area contributed by atoms with Gasteiger partial charge in [0.25, 0.3) is 0 Å². The van der Waals surface area contributed by atoms with E-state index < -0.39 is 5.97 Å². The lowest BCUT2D eigenvalue weighted by molar-refractivity contribution is -0.137. The number of carboxylic acid groups (broad SMARTS) is 1. The van der Waals surface area contributed by atoms with E-state index in [4.69, 9.17) is 5.11 Å². The number of carboxylic acids is 1. The summed E-state index contributed by atoms with van der Waals surface area (Å²) in [5.41, 5.74) is 0.958. The maximum Gasteiger partial charge on any atom is 0.303 e. The molecule has 1 fully saturated rings. The predicted octanol–water partition coefficient (Wildman–Crippen LogP) is 1.03. The quantitative estimate of drug-likeness (QED) is 0.847. The van der Waals surface area contributed by atoms with Crippen molar-refractivity contribution < 1.29 is 9.90 Å². The Hall–Kier alpha value is -1.43. The molecule has 0 bridgehead atoms. The van der Waals surface area contributed by atoms with Crippen molar-refractivity contribution in [2.24, 2.45) is 7.05 Å². The molecular formula is C12H20N4O2. The van der Waals surface area contributed by atoms with E-state index in [2.05, 4.69) is 15.2 Å². The molecule has 0 radical (unpaired) electrons. The molecule has 1 aliphatic rings. The zero-order chi connectivity index (χ0) is 13.0. The van der Waals surface area contributed by atoms with E-state index in [9.17, 15) is 4.79 Å². The Morgan fingerprint density at radius 1 is 1.56 bits per heavy atom. The second-order valence-electron chi connectivity index (χ2n) is 4.94. The lowest BCUT2D eigenvalue weighted by Crippen LogP contribution is -2.39. The number of aromatic nitrogens is 3. The number of aliphatic carboxylic acids is 1. The molecule has 1 unspecified atom stereocenters. The highest BCUT2D eigenvalue weighted by Gasteiger charge is 2.23. The molecule has 1 N–H and O–H groups in total. The van der Waals surface area contributed by atoms with Gasteiger partial charge in [-0.15, -0.1) is 5.10 Å². The van der Waals surface area contributed by atoms with Crippen molar-refractivity contribution >= 4 is 5.97 Å². The largest absolute Gasteiger partial charge is 0.481 e. The smallest absolute Gasteiger partial charge is 0.303 e. The molecule has 1 atom stereocenters. The van der Waals surface area contributed by atoms with Crippen LogP contribution in [0.4, 0.5) is 0 Å². The Balaban J connectivity index is 1.92. The molecule has 1 aromatic heterocycles. The van der Waals surface area contributed by atoms with Crippen molar-refractivity contribution in [3.63, 3.8) is 0 Å². The third-order valence-electron chi connectivity index (χ3n) is 3.46. The molecule has 0 saturated carbocycles. The minimum Gasteiger partial charge on any atom is -0.481 e. The summed E-state index contributed by atoms with van der Waals surface area (Å²) >= 11 is 0. The van der Waals surface area contributed by atoms with Crippen LogP contribution in [0.25, 0.3) is 0 Å². The fourth-order valence-corrected chi connectivity index (χ4v) is 2.56. The average molecular weight is 252 g/mol. The average Bonchev–Trinajstić information content (AvgIpc) is 2.73. The van der Waals surface area contributed by atoms with E-state index >= 15 is 0 Å². The third kappa shape index (κ3) is 3.53. The summed E-state index contributed by atoms with van der Waals surface area (Å²) < 4.78 is 1.70. The van der Waals surface area contributed by atoms with Crippen LogP contribution in [-0.2, 0) is 18.4 Å². The molecule has 6 nitrogen and oxygen atoms in total. The van der Waals surface area contributed by atoms with Crippen LogP contribution < -0.4 is 0 Å². The van der Waals surface area contributed by atoms with Crippen LogP contribution in [0.5, 0.6) is 0 Å². The second kappa shape index (κ2) is 5.95. The van der Waals surface area contributed by atoms with E-state index in [0.717, 1.165) is 31.6 Å². The summed E-state index contributed by atoms with van der Waals surface area (Å²) in [5.74, 6) is -0.708. The van der Waals surface area contributed by atoms with Gasteiger partial charge in [-0.1, -0.05) is 11.6 Å². The zero-order valence-corrected chi connectivity index (χ0v) is 10.7. The van der Waals surface area contributed by atoms with Crippen LogP contribution in [0.1, 0.15) is 37.8 Å². The second-order valence-corrected chi connectivity index (χ2v) is 4.94. The Morgan fingerprint density at radius 3 is 3.06 bits per heavy atom. The first kappa shape index (κ1) is 13.0. The standard InChI is InChI=1S/C12H20N4O2/c1-15-8-10(13-14-15)9-16-7-3-2-4-11(16)5-6-12(17)18/h8,11H,2-7,9H2,1H3,(H,17,18). The van der Waals surface area contributed by atoms with Gasteiger partial charge in [0.1, 0.15) is 0 Å². The predicted molar refractivity (Wildman–Crippen MR) is 65.9 cm³/mol. The highest BCUT2D eigenvalue weighted by atomic mass is 16.4. The molecule has 0 spiro atoms. The Morgan fingerprint density at radius 2 is 2.39 bits per heavy atom. The Bertz CT molecular complexity index is 405. The number of likely N-dealkylation sites (tertiary alicyclic amines) is 1. The first-order chi connectivity index (χ1) is 8.65. The zero-order valence-electron chi connectivity index (χ0n) is 10.7. The maximum absolute atomic E-state index is 10.7. The van der Waals surface area contributed by atoms with E-state index in [1.54, 1.807) is 4.68 Å². The summed E-state index contributed by atoms with van der Waals surface area (Å²) in [4.78, 5) is 13.0. The van der Waals surface area contributed by atoms with Crippen molar-refractivity contribution in [1.29, 1.82) is 0 Å². The van der Waals surface area contributed by atoms with E-state index in [1.807, 2.05) is 13.2 Å². The van der Waals surface area contributed by atoms with Crippen molar-refractivity contribution in [3.05, 3.63) is 11.9 Å². The van der Waals surface area contributed by atoms with Gasteiger partial charge in [-0.2, -0.15) is 0 Å².